The minimum Gasteiger partial charge on any atom is -0.481 e. The van der Waals surface area contributed by atoms with Gasteiger partial charge in [-0.3, -0.25) is 24.4 Å². The van der Waals surface area contributed by atoms with Gasteiger partial charge >= 0.3 is 12.0 Å². The number of pyridine rings is 2. The molecule has 2 aromatic heterocycles. The summed E-state index contributed by atoms with van der Waals surface area (Å²) in [5, 5.41) is 18.3. The molecule has 0 bridgehead atoms. The molecule has 230 valence electrons. The summed E-state index contributed by atoms with van der Waals surface area (Å²) in [6, 6.07) is 16.9. The Labute approximate surface area is 264 Å². The SMILES string of the molecule is O=C(O)CC(NC(=O)c1ccc(N2CCN(C(=O)c3cccnc3)CC2)c(NC(=O)Nc2ccc(Cl)cc2)c1)c1cccnc1. The van der Waals surface area contributed by atoms with Gasteiger partial charge in [0.2, 0.25) is 0 Å². The Bertz CT molecular complexity index is 1660. The van der Waals surface area contributed by atoms with Crippen LogP contribution in [0.5, 0.6) is 0 Å². The number of carbonyl (C=O) groups is 4. The predicted molar refractivity (Wildman–Crippen MR) is 170 cm³/mol. The van der Waals surface area contributed by atoms with Crippen LogP contribution in [-0.2, 0) is 4.79 Å². The number of nitrogens with one attached hydrogen (secondary N) is 3. The molecular formula is C32H30ClN7O5. The molecule has 4 aromatic rings. The third-order valence-corrected chi connectivity index (χ3v) is 7.45. The second kappa shape index (κ2) is 14.3. The van der Waals surface area contributed by atoms with E-state index < -0.39 is 23.9 Å². The topological polar surface area (TPSA) is 157 Å². The number of carboxylic acid groups (broad SMARTS) is 1. The summed E-state index contributed by atoms with van der Waals surface area (Å²) in [6.07, 6.45) is 5.87. The normalized spacial score (nSPS) is 13.4. The first-order chi connectivity index (χ1) is 21.8. The van der Waals surface area contributed by atoms with Gasteiger partial charge < -0.3 is 30.9 Å². The number of rotatable bonds is 9. The van der Waals surface area contributed by atoms with Gasteiger partial charge in [-0.2, -0.15) is 0 Å². The lowest BCUT2D eigenvalue weighted by atomic mass is 10.0. The standard InChI is InChI=1S/C32H30ClN7O5/c33-24-6-8-25(9-7-24)36-32(45)38-27-17-21(30(43)37-26(18-29(41)42)22-3-1-11-34-19-22)5-10-28(27)39-13-15-40(16-14-39)31(44)23-4-2-12-35-20-23/h1-12,17,19-20,26H,13-16,18H2,(H,37,43)(H,41,42)(H2,36,38,45). The molecule has 4 amide bonds. The summed E-state index contributed by atoms with van der Waals surface area (Å²) in [7, 11) is 0. The molecule has 1 aliphatic rings. The van der Waals surface area contributed by atoms with E-state index in [4.69, 9.17) is 11.6 Å². The first kappa shape index (κ1) is 31.0. The molecule has 4 N–H and O–H groups in total. The zero-order chi connectivity index (χ0) is 31.8. The number of urea groups is 1. The number of anilines is 3. The van der Waals surface area contributed by atoms with Crippen molar-refractivity contribution >= 4 is 52.5 Å². The first-order valence-corrected chi connectivity index (χ1v) is 14.5. The molecule has 1 atom stereocenters. The van der Waals surface area contributed by atoms with E-state index in [1.807, 2.05) is 4.90 Å². The molecule has 1 fully saturated rings. The fourth-order valence-corrected chi connectivity index (χ4v) is 5.07. The molecule has 0 spiro atoms. The van der Waals surface area contributed by atoms with E-state index in [2.05, 4.69) is 25.9 Å². The molecule has 1 unspecified atom stereocenters. The van der Waals surface area contributed by atoms with E-state index in [-0.39, 0.29) is 17.9 Å². The smallest absolute Gasteiger partial charge is 0.323 e. The van der Waals surface area contributed by atoms with E-state index in [1.165, 1.54) is 12.4 Å². The van der Waals surface area contributed by atoms with E-state index >= 15 is 0 Å². The van der Waals surface area contributed by atoms with Crippen LogP contribution < -0.4 is 20.9 Å². The first-order valence-electron chi connectivity index (χ1n) is 14.1. The number of carbonyl (C=O) groups excluding carboxylic acids is 3. The Hall–Kier alpha value is -5.49. The Morgan fingerprint density at radius 1 is 0.844 bits per heavy atom. The van der Waals surface area contributed by atoms with Crippen molar-refractivity contribution in [3.63, 3.8) is 0 Å². The van der Waals surface area contributed by atoms with Crippen molar-refractivity contribution < 1.29 is 24.3 Å². The van der Waals surface area contributed by atoms with Crippen LogP contribution in [0.4, 0.5) is 21.9 Å². The Kier molecular flexibility index (Phi) is 9.85. The molecule has 0 radical (unpaired) electrons. The number of amides is 4. The van der Waals surface area contributed by atoms with Gasteiger partial charge in [0, 0.05) is 67.2 Å². The molecule has 13 heteroatoms. The van der Waals surface area contributed by atoms with E-state index in [9.17, 15) is 24.3 Å². The van der Waals surface area contributed by atoms with Crippen molar-refractivity contribution in [1.29, 1.82) is 0 Å². The fraction of sp³-hybridized carbons (Fsp3) is 0.188. The summed E-state index contributed by atoms with van der Waals surface area (Å²) >= 11 is 5.96. The van der Waals surface area contributed by atoms with Crippen LogP contribution in [0.25, 0.3) is 0 Å². The maximum Gasteiger partial charge on any atom is 0.323 e. The van der Waals surface area contributed by atoms with Crippen molar-refractivity contribution in [3.05, 3.63) is 113 Å². The summed E-state index contributed by atoms with van der Waals surface area (Å²) in [6.45, 7) is 1.84. The van der Waals surface area contributed by atoms with Crippen molar-refractivity contribution in [2.75, 3.05) is 41.7 Å². The van der Waals surface area contributed by atoms with Gasteiger partial charge in [-0.15, -0.1) is 0 Å². The Morgan fingerprint density at radius 2 is 1.56 bits per heavy atom. The van der Waals surface area contributed by atoms with Crippen molar-refractivity contribution in [1.82, 2.24) is 20.2 Å². The highest BCUT2D eigenvalue weighted by Crippen LogP contribution is 2.30. The zero-order valence-electron chi connectivity index (χ0n) is 24.0. The van der Waals surface area contributed by atoms with Gasteiger partial charge in [-0.25, -0.2) is 4.79 Å². The van der Waals surface area contributed by atoms with Gasteiger partial charge in [0.1, 0.15) is 0 Å². The lowest BCUT2D eigenvalue weighted by Gasteiger charge is -2.37. The molecule has 45 heavy (non-hydrogen) atoms. The molecule has 3 heterocycles. The van der Waals surface area contributed by atoms with Crippen molar-refractivity contribution in [2.45, 2.75) is 12.5 Å². The molecule has 5 rings (SSSR count). The van der Waals surface area contributed by atoms with E-state index in [0.29, 0.717) is 59.4 Å². The molecule has 0 aliphatic carbocycles. The number of benzene rings is 2. The minimum atomic E-state index is -1.08. The maximum atomic E-state index is 13.4. The maximum absolute atomic E-state index is 13.4. The second-order valence-corrected chi connectivity index (χ2v) is 10.7. The van der Waals surface area contributed by atoms with Gasteiger partial charge in [-0.05, 0) is 66.2 Å². The van der Waals surface area contributed by atoms with Crippen LogP contribution in [0.2, 0.25) is 5.02 Å². The molecule has 2 aromatic carbocycles. The minimum absolute atomic E-state index is 0.111. The van der Waals surface area contributed by atoms with Gasteiger partial charge in [-0.1, -0.05) is 17.7 Å². The number of halogens is 1. The van der Waals surface area contributed by atoms with Crippen LogP contribution in [0.3, 0.4) is 0 Å². The predicted octanol–water partition coefficient (Wildman–Crippen LogP) is 4.68. The number of nitrogens with zero attached hydrogens (tertiary/aromatic N) is 4. The summed E-state index contributed by atoms with van der Waals surface area (Å²) < 4.78 is 0. The Balaban J connectivity index is 1.36. The molecule has 1 aliphatic heterocycles. The largest absolute Gasteiger partial charge is 0.481 e. The molecule has 1 saturated heterocycles. The zero-order valence-corrected chi connectivity index (χ0v) is 24.8. The van der Waals surface area contributed by atoms with Crippen LogP contribution >= 0.6 is 11.6 Å². The van der Waals surface area contributed by atoms with Crippen molar-refractivity contribution in [2.24, 2.45) is 0 Å². The number of carboxylic acids is 1. The Morgan fingerprint density at radius 3 is 2.20 bits per heavy atom. The molecule has 12 nitrogen and oxygen atoms in total. The number of hydrogen-bond acceptors (Lipinski definition) is 7. The second-order valence-electron chi connectivity index (χ2n) is 10.2. The summed E-state index contributed by atoms with van der Waals surface area (Å²) in [5.74, 6) is -1.72. The van der Waals surface area contributed by atoms with Gasteiger partial charge in [0.15, 0.2) is 0 Å². The summed E-state index contributed by atoms with van der Waals surface area (Å²) in [4.78, 5) is 62.8. The lowest BCUT2D eigenvalue weighted by molar-refractivity contribution is -0.137. The number of hydrogen-bond donors (Lipinski definition) is 4. The summed E-state index contributed by atoms with van der Waals surface area (Å²) in [5.41, 5.74) is 2.80. The highest BCUT2D eigenvalue weighted by atomic mass is 35.5. The van der Waals surface area contributed by atoms with E-state index in [1.54, 1.807) is 84.0 Å². The fourth-order valence-electron chi connectivity index (χ4n) is 4.94. The van der Waals surface area contributed by atoms with E-state index in [0.717, 1.165) is 0 Å². The van der Waals surface area contributed by atoms with Crippen molar-refractivity contribution in [3.8, 4) is 0 Å². The van der Waals surface area contributed by atoms with Gasteiger partial charge in [0.05, 0.1) is 29.4 Å². The highest BCUT2D eigenvalue weighted by Gasteiger charge is 2.25. The molecule has 0 saturated carbocycles. The van der Waals surface area contributed by atoms with Crippen LogP contribution in [0, 0.1) is 0 Å². The van der Waals surface area contributed by atoms with Crippen LogP contribution in [0.15, 0.2) is 91.5 Å². The number of aromatic nitrogens is 2. The third-order valence-electron chi connectivity index (χ3n) is 7.20. The lowest BCUT2D eigenvalue weighted by Crippen LogP contribution is -2.49. The molecular weight excluding hydrogens is 598 g/mol. The average molecular weight is 628 g/mol. The third kappa shape index (κ3) is 8.12. The van der Waals surface area contributed by atoms with Gasteiger partial charge in [0.25, 0.3) is 11.8 Å². The van der Waals surface area contributed by atoms with Crippen LogP contribution in [-0.4, -0.2) is 70.0 Å². The highest BCUT2D eigenvalue weighted by molar-refractivity contribution is 6.30. The number of piperazine rings is 1. The van der Waals surface area contributed by atoms with Crippen LogP contribution in [0.1, 0.15) is 38.7 Å². The number of aliphatic carboxylic acids is 1. The monoisotopic (exact) mass is 627 g/mol. The average Bonchev–Trinajstić information content (AvgIpc) is 3.06. The quantitative estimate of drug-likeness (QED) is 0.208.